The molecule has 0 amide bonds. The number of benzene rings is 19. The standard InChI is InChI=1S/C46H33N3.C42H30N4.C40H28N4/c1-46(2)39-18-10-9-17-35(39)36-26-27-37-38-29-32(25-28-41(38)48(44(37)43(36)46)33-13-5-3-6-14-33)30-21-23-31(24-22-30)45-47-40-19-11-12-20-42(40)49(45)34-15-7-4-8-16-34;1-42(2)35-19-11-9-17-31(35)33-26-38-34(25-36(33)42)32-18-10-12-20-37(32)46(38)30-23-21-29(22-24-30)41-44-39(27-13-5-3-6-14-27)43-40(45-41)28-15-7-4-8-16-28;1-40(2)31-23-13-11-21-29(31)33-27-19-9-10-20-28(27)34-30-22-12-14-24-32(30)44(36(34)35(33)40)39-42-37(25-15-5-3-6-16-25)41-38(43-39)26-17-7-4-8-18-26/h3-29H,1-2H3;3-26H,1-2H3;3-24H,1-2H3. The Kier molecular flexibility index (Phi) is 19.1. The van der Waals surface area contributed by atoms with Crippen molar-refractivity contribution in [3.05, 3.63) is 476 Å². The summed E-state index contributed by atoms with van der Waals surface area (Å²) in [5, 5.41) is 10.0. The Labute approximate surface area is 804 Å². The molecule has 28 rings (SSSR count). The number of fused-ring (bicyclic) bond motifs is 24. The summed E-state index contributed by atoms with van der Waals surface area (Å²) in [7, 11) is 0. The molecule has 25 aromatic rings. The van der Waals surface area contributed by atoms with Crippen LogP contribution in [0.4, 0.5) is 0 Å². The van der Waals surface area contributed by atoms with Crippen molar-refractivity contribution in [1.82, 2.24) is 53.2 Å². The molecule has 658 valence electrons. The minimum absolute atomic E-state index is 0.0489. The summed E-state index contributed by atoms with van der Waals surface area (Å²) < 4.78 is 9.43. The predicted octanol–water partition coefficient (Wildman–Crippen LogP) is 31.8. The van der Waals surface area contributed by atoms with E-state index in [9.17, 15) is 0 Å². The van der Waals surface area contributed by atoms with Crippen LogP contribution in [0.1, 0.15) is 74.9 Å². The Hall–Kier alpha value is -17.7. The number of hydrogen-bond donors (Lipinski definition) is 0. The van der Waals surface area contributed by atoms with Crippen LogP contribution in [0.25, 0.3) is 223 Å². The average Bonchev–Trinajstić information content (AvgIpc) is 1.53. The molecule has 6 heterocycles. The molecule has 3 aliphatic rings. The van der Waals surface area contributed by atoms with Gasteiger partial charge in [-0.25, -0.2) is 24.9 Å². The quantitative estimate of drug-likeness (QED) is 0.127. The van der Waals surface area contributed by atoms with Gasteiger partial charge in [-0.1, -0.05) is 387 Å². The summed E-state index contributed by atoms with van der Waals surface area (Å²) in [5.41, 5.74) is 36.6. The van der Waals surface area contributed by atoms with Crippen LogP contribution in [-0.2, 0) is 16.2 Å². The van der Waals surface area contributed by atoms with Gasteiger partial charge in [0.2, 0.25) is 5.95 Å². The largest absolute Gasteiger partial charge is 0.309 e. The molecule has 0 saturated carbocycles. The Balaban J connectivity index is 0.000000108. The zero-order valence-corrected chi connectivity index (χ0v) is 77.6. The van der Waals surface area contributed by atoms with Crippen LogP contribution in [-0.4, -0.2) is 53.2 Å². The van der Waals surface area contributed by atoms with Crippen LogP contribution in [0.5, 0.6) is 0 Å². The van der Waals surface area contributed by atoms with E-state index < -0.39 is 0 Å². The van der Waals surface area contributed by atoms with Gasteiger partial charge >= 0.3 is 0 Å². The van der Waals surface area contributed by atoms with Gasteiger partial charge in [-0.3, -0.25) is 9.13 Å². The molecule has 0 atom stereocenters. The van der Waals surface area contributed by atoms with Gasteiger partial charge in [-0.15, -0.1) is 0 Å². The summed E-state index contributed by atoms with van der Waals surface area (Å²) >= 11 is 0. The number of para-hydroxylation sites is 6. The van der Waals surface area contributed by atoms with Gasteiger partial charge in [-0.05, 0) is 186 Å². The molecule has 6 aromatic heterocycles. The molecular weight excluding hydrogens is 1690 g/mol. The summed E-state index contributed by atoms with van der Waals surface area (Å²) in [5.74, 6) is 4.84. The van der Waals surface area contributed by atoms with E-state index in [1.807, 2.05) is 97.1 Å². The summed E-state index contributed by atoms with van der Waals surface area (Å²) in [6, 6.07) is 157. The highest BCUT2D eigenvalue weighted by molar-refractivity contribution is 6.27. The minimum Gasteiger partial charge on any atom is -0.309 e. The van der Waals surface area contributed by atoms with Crippen molar-refractivity contribution < 1.29 is 0 Å². The van der Waals surface area contributed by atoms with E-state index in [4.69, 9.17) is 34.9 Å². The molecule has 19 aromatic carbocycles. The molecule has 0 spiro atoms. The van der Waals surface area contributed by atoms with Crippen molar-refractivity contribution in [1.29, 1.82) is 0 Å². The van der Waals surface area contributed by atoms with Crippen LogP contribution in [0.3, 0.4) is 0 Å². The zero-order chi connectivity index (χ0) is 92.9. The first-order valence-electron chi connectivity index (χ1n) is 47.8. The van der Waals surface area contributed by atoms with Crippen LogP contribution in [0.15, 0.2) is 443 Å². The smallest absolute Gasteiger partial charge is 0.238 e. The van der Waals surface area contributed by atoms with E-state index in [1.54, 1.807) is 0 Å². The molecule has 11 nitrogen and oxygen atoms in total. The van der Waals surface area contributed by atoms with Crippen LogP contribution >= 0.6 is 0 Å². The zero-order valence-electron chi connectivity index (χ0n) is 77.6. The lowest BCUT2D eigenvalue weighted by atomic mass is 9.80. The summed E-state index contributed by atoms with van der Waals surface area (Å²) in [6.45, 7) is 14.1. The Morgan fingerprint density at radius 3 is 1.18 bits per heavy atom. The number of hydrogen-bond acceptors (Lipinski definition) is 7. The number of imidazole rings is 1. The molecule has 0 bridgehead atoms. The van der Waals surface area contributed by atoms with Crippen molar-refractivity contribution in [3.8, 4) is 136 Å². The molecule has 11 heteroatoms. The van der Waals surface area contributed by atoms with Gasteiger partial charge in [0.1, 0.15) is 5.82 Å². The fourth-order valence-corrected chi connectivity index (χ4v) is 22.7. The molecule has 0 saturated heterocycles. The van der Waals surface area contributed by atoms with E-state index >= 15 is 0 Å². The predicted molar refractivity (Wildman–Crippen MR) is 572 cm³/mol. The fourth-order valence-electron chi connectivity index (χ4n) is 22.7. The van der Waals surface area contributed by atoms with Gasteiger partial charge in [0.15, 0.2) is 29.1 Å². The lowest BCUT2D eigenvalue weighted by Gasteiger charge is -2.24. The average molecular weight is 1780 g/mol. The second-order valence-electron chi connectivity index (χ2n) is 38.2. The highest BCUT2D eigenvalue weighted by Gasteiger charge is 2.43. The second-order valence-corrected chi connectivity index (χ2v) is 38.2. The first-order chi connectivity index (χ1) is 68.2. The molecule has 0 aliphatic heterocycles. The highest BCUT2D eigenvalue weighted by atomic mass is 15.2. The Morgan fingerprint density at radius 2 is 0.597 bits per heavy atom. The molecule has 0 radical (unpaired) electrons. The molecule has 139 heavy (non-hydrogen) atoms. The molecule has 3 aliphatic carbocycles. The summed E-state index contributed by atoms with van der Waals surface area (Å²) in [4.78, 5) is 35.2. The molecule has 0 N–H and O–H groups in total. The monoisotopic (exact) mass is 1780 g/mol. The van der Waals surface area contributed by atoms with Crippen molar-refractivity contribution in [2.45, 2.75) is 57.8 Å². The minimum atomic E-state index is -0.238. The third-order valence-corrected chi connectivity index (χ3v) is 29.2. The van der Waals surface area contributed by atoms with Crippen LogP contribution in [0, 0.1) is 0 Å². The maximum absolute atomic E-state index is 5.22. The van der Waals surface area contributed by atoms with Gasteiger partial charge in [0.05, 0.1) is 44.1 Å². The van der Waals surface area contributed by atoms with E-state index in [2.05, 4.69) is 406 Å². The van der Waals surface area contributed by atoms with Gasteiger partial charge in [0.25, 0.3) is 0 Å². The number of aromatic nitrogens is 11. The normalized spacial score (nSPS) is 13.3. The van der Waals surface area contributed by atoms with E-state index in [0.717, 1.165) is 72.6 Å². The SMILES string of the molecule is CC1(C)c2ccccc2-c2c1c1c(c3ccccc23)c2ccccc2n1-c1nc(-c2ccccc2)nc(-c2ccccc2)n1.CC1(C)c2ccccc2-c2cc3c(cc21)c1ccccc1n3-c1ccc(-c2nc(-c3ccccc3)nc(-c3ccccc3)n2)cc1.CC1(C)c2ccccc2-c2ccc3c4cc(-c5ccc(-c6nc7ccccc7n6-c6ccccc6)cc5)ccc4n(-c4ccccc4)c3c21. The third kappa shape index (κ3) is 13.2. The highest BCUT2D eigenvalue weighted by Crippen LogP contribution is 2.59. The van der Waals surface area contributed by atoms with Crippen molar-refractivity contribution >= 4 is 87.2 Å². The molecule has 0 fully saturated rings. The number of rotatable bonds is 11. The van der Waals surface area contributed by atoms with Crippen molar-refractivity contribution in [2.24, 2.45) is 0 Å². The first-order valence-corrected chi connectivity index (χ1v) is 47.8. The Bertz CT molecular complexity index is 9120. The van der Waals surface area contributed by atoms with Gasteiger partial charge in [0, 0.05) is 99.0 Å². The maximum atomic E-state index is 5.22. The third-order valence-electron chi connectivity index (χ3n) is 29.2. The summed E-state index contributed by atoms with van der Waals surface area (Å²) in [6.07, 6.45) is 0. The lowest BCUT2D eigenvalue weighted by Crippen LogP contribution is -2.17. The number of nitrogens with zero attached hydrogens (tertiary/aromatic N) is 11. The van der Waals surface area contributed by atoms with Gasteiger partial charge in [-0.2, -0.15) is 9.97 Å². The van der Waals surface area contributed by atoms with E-state index in [0.29, 0.717) is 35.1 Å². The van der Waals surface area contributed by atoms with Crippen LogP contribution in [0.2, 0.25) is 0 Å². The molecular formula is C128H91N11. The Morgan fingerprint density at radius 1 is 0.194 bits per heavy atom. The topological polar surface area (TPSA) is 110 Å². The first kappa shape index (κ1) is 82.0. The van der Waals surface area contributed by atoms with E-state index in [1.165, 1.54) is 149 Å². The van der Waals surface area contributed by atoms with Gasteiger partial charge < -0.3 is 9.13 Å². The van der Waals surface area contributed by atoms with Crippen molar-refractivity contribution in [2.75, 3.05) is 0 Å². The maximum Gasteiger partial charge on any atom is 0.238 e. The van der Waals surface area contributed by atoms with E-state index in [-0.39, 0.29) is 16.2 Å². The van der Waals surface area contributed by atoms with Crippen LogP contribution < -0.4 is 0 Å². The lowest BCUT2D eigenvalue weighted by molar-refractivity contribution is 0.661. The fraction of sp³-hybridized carbons (Fsp3) is 0.0703. The molecule has 0 unspecified atom stereocenters. The second kappa shape index (κ2) is 32.3. The van der Waals surface area contributed by atoms with Crippen molar-refractivity contribution in [3.63, 3.8) is 0 Å².